The number of nitrogens with zero attached hydrogens (tertiary/aromatic N) is 3. The first kappa shape index (κ1) is 33.7. The number of pyridine rings is 3. The molecule has 0 aliphatic carbocycles. The fraction of sp³-hybridized carbons (Fsp3) is 0. The van der Waals surface area contributed by atoms with Crippen molar-refractivity contribution in [3.8, 4) is 44.9 Å². The molecule has 13 rings (SSSR count). The van der Waals surface area contributed by atoms with E-state index in [1.165, 1.54) is 21.5 Å². The molecule has 4 aromatic heterocycles. The van der Waals surface area contributed by atoms with Gasteiger partial charge in [0, 0.05) is 54.4 Å². The van der Waals surface area contributed by atoms with Crippen molar-refractivity contribution in [3.63, 3.8) is 0 Å². The van der Waals surface area contributed by atoms with Crippen molar-refractivity contribution >= 4 is 87.0 Å². The van der Waals surface area contributed by atoms with E-state index in [1.807, 2.05) is 30.3 Å². The minimum atomic E-state index is 0.893. The van der Waals surface area contributed by atoms with E-state index in [0.29, 0.717) is 0 Å². The van der Waals surface area contributed by atoms with Crippen LogP contribution in [0.4, 0.5) is 0 Å². The quantitative estimate of drug-likeness (QED) is 0.167. The molecule has 9 aromatic carbocycles. The number of fused-ring (bicyclic) bond motifs is 13. The Morgan fingerprint density at radius 1 is 0.311 bits per heavy atom. The molecule has 4 nitrogen and oxygen atoms in total. The predicted molar refractivity (Wildman–Crippen MR) is 254 cm³/mol. The summed E-state index contributed by atoms with van der Waals surface area (Å²) < 4.78 is 6.58. The third-order valence-electron chi connectivity index (χ3n) is 12.4. The van der Waals surface area contributed by atoms with Gasteiger partial charge in [-0.15, -0.1) is 0 Å². The van der Waals surface area contributed by atoms with Crippen LogP contribution >= 0.6 is 0 Å². The van der Waals surface area contributed by atoms with E-state index in [9.17, 15) is 0 Å². The summed E-state index contributed by atoms with van der Waals surface area (Å²) in [5, 5.41) is 12.4. The Balaban J connectivity index is 0.908. The smallest absolute Gasteiger partial charge is 0.144 e. The fourth-order valence-electron chi connectivity index (χ4n) is 9.38. The molecule has 13 aromatic rings. The molecule has 0 saturated carbocycles. The highest BCUT2D eigenvalue weighted by molar-refractivity contribution is 6.24. The topological polar surface area (TPSA) is 51.8 Å². The number of benzene rings is 9. The minimum absolute atomic E-state index is 0.893. The van der Waals surface area contributed by atoms with Gasteiger partial charge in [0.15, 0.2) is 0 Å². The van der Waals surface area contributed by atoms with Gasteiger partial charge in [0.1, 0.15) is 11.2 Å². The van der Waals surface area contributed by atoms with Crippen LogP contribution in [0, 0.1) is 0 Å². The molecular weight excluding hydrogens is 743 g/mol. The first-order chi connectivity index (χ1) is 30.2. The molecule has 0 aliphatic rings. The van der Waals surface area contributed by atoms with Crippen molar-refractivity contribution in [3.05, 3.63) is 200 Å². The first-order valence-corrected chi connectivity index (χ1v) is 20.7. The highest BCUT2D eigenvalue weighted by Gasteiger charge is 2.18. The van der Waals surface area contributed by atoms with Crippen molar-refractivity contribution in [1.29, 1.82) is 0 Å². The third kappa shape index (κ3) is 5.36. The Bertz CT molecular complexity index is 3940. The SMILES string of the molecule is c1ccc(-c2ccc3ccc4ccc(-c5ccc6c(ccc7ccc(-c8cccc(-c9nc%10ccccc%10c%10c9ccc9c%11ccccc%11oc9%10)c8)cc76)c5)nc4c3n2)cc1. The number of hydrogen-bond acceptors (Lipinski definition) is 4. The highest BCUT2D eigenvalue weighted by atomic mass is 16.3. The summed E-state index contributed by atoms with van der Waals surface area (Å²) in [5.74, 6) is 0. The van der Waals surface area contributed by atoms with Gasteiger partial charge in [-0.25, -0.2) is 15.0 Å². The molecule has 0 atom stereocenters. The lowest BCUT2D eigenvalue weighted by Crippen LogP contribution is -1.91. The lowest BCUT2D eigenvalue weighted by Gasteiger charge is -2.13. The van der Waals surface area contributed by atoms with E-state index in [-0.39, 0.29) is 0 Å². The van der Waals surface area contributed by atoms with Gasteiger partial charge in [0.2, 0.25) is 0 Å². The number of para-hydroxylation sites is 2. The Hall–Kier alpha value is -8.21. The summed E-state index contributed by atoms with van der Waals surface area (Å²) in [6.45, 7) is 0. The van der Waals surface area contributed by atoms with Gasteiger partial charge in [-0.1, -0.05) is 152 Å². The van der Waals surface area contributed by atoms with E-state index in [0.717, 1.165) is 110 Å². The van der Waals surface area contributed by atoms with Crippen LogP contribution in [0.1, 0.15) is 0 Å². The molecule has 0 fully saturated rings. The molecule has 4 heterocycles. The second-order valence-corrected chi connectivity index (χ2v) is 15.9. The van der Waals surface area contributed by atoms with Gasteiger partial charge in [-0.3, -0.25) is 0 Å². The van der Waals surface area contributed by atoms with Crippen LogP contribution in [0.15, 0.2) is 205 Å². The first-order valence-electron chi connectivity index (χ1n) is 20.7. The summed E-state index contributed by atoms with van der Waals surface area (Å²) in [4.78, 5) is 15.7. The molecule has 0 bridgehead atoms. The molecule has 0 saturated heterocycles. The number of aromatic nitrogens is 3. The van der Waals surface area contributed by atoms with Gasteiger partial charge >= 0.3 is 0 Å². The molecule has 61 heavy (non-hydrogen) atoms. The molecule has 0 N–H and O–H groups in total. The van der Waals surface area contributed by atoms with Crippen molar-refractivity contribution in [2.75, 3.05) is 0 Å². The van der Waals surface area contributed by atoms with Gasteiger partial charge in [0.05, 0.1) is 33.6 Å². The number of hydrogen-bond donors (Lipinski definition) is 0. The predicted octanol–water partition coefficient (Wildman–Crippen LogP) is 15.4. The zero-order valence-corrected chi connectivity index (χ0v) is 32.8. The largest absolute Gasteiger partial charge is 0.455 e. The normalized spacial score (nSPS) is 11.9. The van der Waals surface area contributed by atoms with Crippen LogP contribution in [0.25, 0.3) is 132 Å². The van der Waals surface area contributed by atoms with Crippen LogP contribution in [0.3, 0.4) is 0 Å². The Morgan fingerprint density at radius 3 is 1.77 bits per heavy atom. The van der Waals surface area contributed by atoms with Crippen molar-refractivity contribution in [1.82, 2.24) is 15.0 Å². The van der Waals surface area contributed by atoms with Crippen molar-refractivity contribution in [2.24, 2.45) is 0 Å². The average molecular weight is 776 g/mol. The maximum Gasteiger partial charge on any atom is 0.144 e. The Labute approximate surface area is 350 Å². The highest BCUT2D eigenvalue weighted by Crippen LogP contribution is 2.42. The molecule has 0 aliphatic heterocycles. The summed E-state index contributed by atoms with van der Waals surface area (Å²) in [6.07, 6.45) is 0. The molecule has 4 heteroatoms. The summed E-state index contributed by atoms with van der Waals surface area (Å²) in [5.41, 5.74) is 12.9. The third-order valence-corrected chi connectivity index (χ3v) is 12.4. The molecule has 0 spiro atoms. The zero-order chi connectivity index (χ0) is 40.0. The van der Waals surface area contributed by atoms with Crippen LogP contribution in [-0.4, -0.2) is 15.0 Å². The second kappa shape index (κ2) is 13.2. The molecule has 282 valence electrons. The van der Waals surface area contributed by atoms with Crippen molar-refractivity contribution in [2.45, 2.75) is 0 Å². The van der Waals surface area contributed by atoms with Gasteiger partial charge in [-0.05, 0) is 81.2 Å². The molecule has 0 amide bonds. The van der Waals surface area contributed by atoms with Gasteiger partial charge in [0.25, 0.3) is 0 Å². The van der Waals surface area contributed by atoms with E-state index in [1.54, 1.807) is 0 Å². The zero-order valence-electron chi connectivity index (χ0n) is 32.8. The maximum atomic E-state index is 6.58. The summed E-state index contributed by atoms with van der Waals surface area (Å²) in [6, 6.07) is 70.9. The number of rotatable bonds is 4. The van der Waals surface area contributed by atoms with E-state index >= 15 is 0 Å². The lowest BCUT2D eigenvalue weighted by atomic mass is 9.93. The fourth-order valence-corrected chi connectivity index (χ4v) is 9.38. The van der Waals surface area contributed by atoms with Gasteiger partial charge < -0.3 is 4.42 Å². The average Bonchev–Trinajstić information content (AvgIpc) is 3.72. The lowest BCUT2D eigenvalue weighted by molar-refractivity contribution is 0.673. The van der Waals surface area contributed by atoms with Crippen LogP contribution in [0.2, 0.25) is 0 Å². The van der Waals surface area contributed by atoms with E-state index < -0.39 is 0 Å². The van der Waals surface area contributed by atoms with Crippen molar-refractivity contribution < 1.29 is 4.42 Å². The summed E-state index contributed by atoms with van der Waals surface area (Å²) >= 11 is 0. The molecule has 0 radical (unpaired) electrons. The van der Waals surface area contributed by atoms with Gasteiger partial charge in [-0.2, -0.15) is 0 Å². The van der Waals surface area contributed by atoms with Crippen LogP contribution in [0.5, 0.6) is 0 Å². The number of furan rings is 1. The standard InChI is InChI=1S/C57H33N3O/c1-2-9-35(10-3-1)49-29-24-36-19-20-37-25-30-50(59-56(37)55(36)58-49)41-23-26-43-40(32-41)22-18-34-17-21-39(33-48(34)43)38-11-8-12-42(31-38)54-47-28-27-45-44-13-5-7-16-52(44)61-57(45)53(47)46-14-4-6-15-51(46)60-54/h1-33H. The minimum Gasteiger partial charge on any atom is -0.455 e. The Kier molecular flexibility index (Phi) is 7.27. The Morgan fingerprint density at radius 2 is 0.918 bits per heavy atom. The monoisotopic (exact) mass is 775 g/mol. The second-order valence-electron chi connectivity index (χ2n) is 15.9. The van der Waals surface area contributed by atoms with Crippen LogP contribution < -0.4 is 0 Å². The van der Waals surface area contributed by atoms with Crippen LogP contribution in [-0.2, 0) is 0 Å². The van der Waals surface area contributed by atoms with E-state index in [4.69, 9.17) is 19.4 Å². The summed E-state index contributed by atoms with van der Waals surface area (Å²) in [7, 11) is 0. The maximum absolute atomic E-state index is 6.58. The molecule has 0 unspecified atom stereocenters. The molecular formula is C57H33N3O. The van der Waals surface area contributed by atoms with E-state index in [2.05, 4.69) is 170 Å².